The Morgan fingerprint density at radius 3 is 2.15 bits per heavy atom. The van der Waals surface area contributed by atoms with Crippen LogP contribution in [0.25, 0.3) is 11.1 Å². The summed E-state index contributed by atoms with van der Waals surface area (Å²) < 4.78 is 2.18. The van der Waals surface area contributed by atoms with Gasteiger partial charge in [0.1, 0.15) is 0 Å². The van der Waals surface area contributed by atoms with Crippen LogP contribution in [0.2, 0.25) is 0 Å². The van der Waals surface area contributed by atoms with Gasteiger partial charge in [-0.1, -0.05) is 61.5 Å². The molecule has 1 amide bonds. The molecule has 0 aliphatic heterocycles. The number of hydrogen-bond acceptors (Lipinski definition) is 1. The summed E-state index contributed by atoms with van der Waals surface area (Å²) in [6.07, 6.45) is 4.73. The molecule has 0 saturated heterocycles. The molecule has 132 valence electrons. The van der Waals surface area contributed by atoms with Gasteiger partial charge in [-0.25, -0.2) is 4.57 Å². The number of rotatable bonds is 6. The molecule has 0 aliphatic carbocycles. The Morgan fingerprint density at radius 1 is 0.923 bits per heavy atom. The number of nitrogens with one attached hydrogen (secondary N) is 1. The Morgan fingerprint density at radius 2 is 1.54 bits per heavy atom. The number of nitrogens with zero attached hydrogens (tertiary/aromatic N) is 1. The number of carbonyl (C=O) groups excluding carboxylic acids is 1. The quantitative estimate of drug-likeness (QED) is 0.665. The van der Waals surface area contributed by atoms with Crippen LogP contribution >= 0.6 is 0 Å². The van der Waals surface area contributed by atoms with Gasteiger partial charge in [0.2, 0.25) is 5.91 Å². The summed E-state index contributed by atoms with van der Waals surface area (Å²) >= 11 is 0. The maximum Gasteiger partial charge on any atom is 0.220 e. The van der Waals surface area contributed by atoms with Crippen LogP contribution in [-0.2, 0) is 11.3 Å². The third-order valence-electron chi connectivity index (χ3n) is 4.54. The first-order valence-electron chi connectivity index (χ1n) is 9.08. The smallest absolute Gasteiger partial charge is 0.220 e. The lowest BCUT2D eigenvalue weighted by molar-refractivity contribution is -0.688. The number of carbonyl (C=O) groups is 1. The predicted octanol–water partition coefficient (Wildman–Crippen LogP) is 4.28. The fraction of sp³-hybridized carbons (Fsp3) is 0.217. The molecule has 1 atom stereocenters. The molecule has 1 aromatic heterocycles. The zero-order chi connectivity index (χ0) is 18.4. The first kappa shape index (κ1) is 17.9. The second kappa shape index (κ2) is 8.43. The van der Waals surface area contributed by atoms with Crippen molar-refractivity contribution in [3.8, 4) is 11.1 Å². The standard InChI is InChI=1S/C23H24N2O/c1-3-23(26)24-18(2)20-9-11-21(12-10-20)22-13-15-25(16-14-22)17-19-7-5-4-6-8-19/h4-16,18H,3,17H2,1-2H3/p+1/t18-/m0/s1. The summed E-state index contributed by atoms with van der Waals surface area (Å²) in [6, 6.07) is 23.1. The molecular weight excluding hydrogens is 320 g/mol. The summed E-state index contributed by atoms with van der Waals surface area (Å²) in [5.74, 6) is 0.0765. The van der Waals surface area contributed by atoms with E-state index in [4.69, 9.17) is 0 Å². The van der Waals surface area contributed by atoms with E-state index < -0.39 is 0 Å². The van der Waals surface area contributed by atoms with Crippen molar-refractivity contribution in [2.45, 2.75) is 32.9 Å². The lowest BCUT2D eigenvalue weighted by atomic mass is 10.0. The summed E-state index contributed by atoms with van der Waals surface area (Å²) in [5.41, 5.74) is 4.77. The monoisotopic (exact) mass is 345 g/mol. The molecule has 0 bridgehead atoms. The Kier molecular flexibility index (Phi) is 5.80. The Balaban J connectivity index is 1.68. The molecule has 0 unspecified atom stereocenters. The minimum atomic E-state index is 0.0281. The van der Waals surface area contributed by atoms with Crippen LogP contribution in [0, 0.1) is 0 Å². The highest BCUT2D eigenvalue weighted by molar-refractivity contribution is 5.76. The number of benzene rings is 2. The van der Waals surface area contributed by atoms with Gasteiger partial charge >= 0.3 is 0 Å². The molecule has 0 radical (unpaired) electrons. The highest BCUT2D eigenvalue weighted by Crippen LogP contribution is 2.21. The lowest BCUT2D eigenvalue weighted by Crippen LogP contribution is -2.32. The Labute approximate surface area is 155 Å². The molecular formula is C23H25N2O+. The van der Waals surface area contributed by atoms with Crippen molar-refractivity contribution in [3.63, 3.8) is 0 Å². The molecule has 2 aromatic carbocycles. The van der Waals surface area contributed by atoms with Crippen molar-refractivity contribution >= 4 is 5.91 Å². The Bertz CT molecular complexity index is 840. The van der Waals surface area contributed by atoms with Gasteiger partial charge < -0.3 is 5.32 Å². The molecule has 0 fully saturated rings. The van der Waals surface area contributed by atoms with E-state index in [-0.39, 0.29) is 11.9 Å². The van der Waals surface area contributed by atoms with Gasteiger partial charge in [0.05, 0.1) is 6.04 Å². The van der Waals surface area contributed by atoms with Crippen LogP contribution in [0.15, 0.2) is 79.1 Å². The topological polar surface area (TPSA) is 33.0 Å². The number of pyridine rings is 1. The Hall–Kier alpha value is -2.94. The number of hydrogen-bond donors (Lipinski definition) is 1. The van der Waals surface area contributed by atoms with Crippen molar-refractivity contribution in [1.82, 2.24) is 5.32 Å². The van der Waals surface area contributed by atoms with E-state index in [1.807, 2.05) is 19.9 Å². The molecule has 3 heteroatoms. The van der Waals surface area contributed by atoms with Gasteiger partial charge in [0.15, 0.2) is 18.9 Å². The first-order valence-corrected chi connectivity index (χ1v) is 9.08. The molecule has 1 N–H and O–H groups in total. The molecule has 3 nitrogen and oxygen atoms in total. The lowest BCUT2D eigenvalue weighted by Gasteiger charge is -2.14. The van der Waals surface area contributed by atoms with Crippen molar-refractivity contribution < 1.29 is 9.36 Å². The van der Waals surface area contributed by atoms with Gasteiger partial charge in [0.25, 0.3) is 0 Å². The van der Waals surface area contributed by atoms with Crippen LogP contribution in [-0.4, -0.2) is 5.91 Å². The van der Waals surface area contributed by atoms with E-state index >= 15 is 0 Å². The second-order valence-electron chi connectivity index (χ2n) is 6.51. The van der Waals surface area contributed by atoms with Crippen LogP contribution in [0.5, 0.6) is 0 Å². The SMILES string of the molecule is CCC(=O)N[C@@H](C)c1ccc(-c2cc[n+](Cc3ccccc3)cc2)cc1. The fourth-order valence-corrected chi connectivity index (χ4v) is 2.94. The van der Waals surface area contributed by atoms with E-state index in [0.717, 1.165) is 12.1 Å². The third-order valence-corrected chi connectivity index (χ3v) is 4.54. The average Bonchev–Trinajstić information content (AvgIpc) is 2.69. The fourth-order valence-electron chi connectivity index (χ4n) is 2.94. The largest absolute Gasteiger partial charge is 0.350 e. The van der Waals surface area contributed by atoms with Crippen molar-refractivity contribution in [3.05, 3.63) is 90.3 Å². The van der Waals surface area contributed by atoms with Crippen LogP contribution < -0.4 is 9.88 Å². The molecule has 3 rings (SSSR count). The van der Waals surface area contributed by atoms with Gasteiger partial charge in [-0.05, 0) is 23.6 Å². The van der Waals surface area contributed by atoms with Crippen LogP contribution in [0.4, 0.5) is 0 Å². The van der Waals surface area contributed by atoms with Crippen LogP contribution in [0.3, 0.4) is 0 Å². The second-order valence-corrected chi connectivity index (χ2v) is 6.51. The molecule has 0 saturated carbocycles. The summed E-state index contributed by atoms with van der Waals surface area (Å²) in [5, 5.41) is 2.99. The van der Waals surface area contributed by atoms with E-state index in [1.54, 1.807) is 0 Å². The molecule has 0 aliphatic rings. The van der Waals surface area contributed by atoms with E-state index in [1.165, 1.54) is 16.7 Å². The number of aromatic nitrogens is 1. The predicted molar refractivity (Wildman–Crippen MR) is 104 cm³/mol. The first-order chi connectivity index (χ1) is 12.7. The van der Waals surface area contributed by atoms with Crippen molar-refractivity contribution in [2.24, 2.45) is 0 Å². The van der Waals surface area contributed by atoms with E-state index in [9.17, 15) is 4.79 Å². The van der Waals surface area contributed by atoms with Crippen LogP contribution in [0.1, 0.15) is 37.4 Å². The minimum absolute atomic E-state index is 0.0281. The van der Waals surface area contributed by atoms with Gasteiger partial charge in [-0.2, -0.15) is 0 Å². The highest BCUT2D eigenvalue weighted by Gasteiger charge is 2.09. The normalized spacial score (nSPS) is 11.8. The van der Waals surface area contributed by atoms with Gasteiger partial charge in [0, 0.05) is 24.1 Å². The molecule has 1 heterocycles. The average molecular weight is 345 g/mol. The zero-order valence-corrected chi connectivity index (χ0v) is 15.4. The minimum Gasteiger partial charge on any atom is -0.350 e. The maximum absolute atomic E-state index is 11.5. The maximum atomic E-state index is 11.5. The summed E-state index contributed by atoms with van der Waals surface area (Å²) in [4.78, 5) is 11.5. The van der Waals surface area contributed by atoms with E-state index in [2.05, 4.69) is 82.9 Å². The van der Waals surface area contributed by atoms with Gasteiger partial charge in [-0.3, -0.25) is 4.79 Å². The van der Waals surface area contributed by atoms with Crippen molar-refractivity contribution in [1.29, 1.82) is 0 Å². The zero-order valence-electron chi connectivity index (χ0n) is 15.4. The summed E-state index contributed by atoms with van der Waals surface area (Å²) in [6.45, 7) is 4.75. The highest BCUT2D eigenvalue weighted by atomic mass is 16.1. The third kappa shape index (κ3) is 4.57. The summed E-state index contributed by atoms with van der Waals surface area (Å²) in [7, 11) is 0. The number of amides is 1. The molecule has 0 spiro atoms. The molecule has 3 aromatic rings. The molecule has 26 heavy (non-hydrogen) atoms. The van der Waals surface area contributed by atoms with Gasteiger partial charge in [-0.15, -0.1) is 0 Å². The van der Waals surface area contributed by atoms with Crippen molar-refractivity contribution in [2.75, 3.05) is 0 Å². The van der Waals surface area contributed by atoms with E-state index in [0.29, 0.717) is 6.42 Å².